The average molecular weight is 413 g/mol. The maximum atomic E-state index is 6.68. The van der Waals surface area contributed by atoms with Crippen LogP contribution in [-0.2, 0) is 8.85 Å². The second-order valence-corrected chi connectivity index (χ2v) is 20.0. The lowest BCUT2D eigenvalue weighted by Gasteiger charge is -2.40. The van der Waals surface area contributed by atoms with Gasteiger partial charge in [-0.1, -0.05) is 65.0 Å². The molecule has 0 saturated carbocycles. The highest BCUT2D eigenvalue weighted by Gasteiger charge is 2.44. The summed E-state index contributed by atoms with van der Waals surface area (Å²) in [5.74, 6) is 6.24. The van der Waals surface area contributed by atoms with Crippen molar-refractivity contribution in [2.24, 2.45) is 0 Å². The SMILES string of the molecule is CC(C)(C)[Si](C)(C)O[C@H]1C[C@@H](O[Si](C)(C)C(C)(C)C)C=C1C#C/C=C\Cl. The van der Waals surface area contributed by atoms with Crippen LogP contribution in [0.1, 0.15) is 48.0 Å². The topological polar surface area (TPSA) is 18.5 Å². The molecule has 0 aromatic heterocycles. The van der Waals surface area contributed by atoms with Crippen molar-refractivity contribution in [1.82, 2.24) is 0 Å². The van der Waals surface area contributed by atoms with Gasteiger partial charge < -0.3 is 8.85 Å². The molecule has 0 heterocycles. The van der Waals surface area contributed by atoms with Gasteiger partial charge in [0, 0.05) is 17.5 Å². The van der Waals surface area contributed by atoms with E-state index >= 15 is 0 Å². The van der Waals surface area contributed by atoms with E-state index in [-0.39, 0.29) is 22.3 Å². The van der Waals surface area contributed by atoms with Gasteiger partial charge in [0.1, 0.15) is 0 Å². The molecule has 0 aromatic rings. The minimum atomic E-state index is -1.88. The lowest BCUT2D eigenvalue weighted by molar-refractivity contribution is 0.156. The van der Waals surface area contributed by atoms with Crippen LogP contribution in [0.3, 0.4) is 0 Å². The molecular weight excluding hydrogens is 376 g/mol. The Labute approximate surface area is 168 Å². The molecule has 0 radical (unpaired) electrons. The van der Waals surface area contributed by atoms with Crippen molar-refractivity contribution in [2.45, 2.75) is 96.4 Å². The van der Waals surface area contributed by atoms with Crippen molar-refractivity contribution in [3.63, 3.8) is 0 Å². The molecule has 5 heteroatoms. The standard InChI is InChI=1S/C21H37ClO2Si2/c1-20(2,3)25(7,8)23-18-15-17(13-11-12-14-22)19(16-18)24-26(9,10)21(4,5)6/h12,14-15,18-19H,16H2,1-10H3/b14-12-/t18-,19-/m0/s1. The van der Waals surface area contributed by atoms with Crippen molar-refractivity contribution < 1.29 is 8.85 Å². The molecule has 0 saturated heterocycles. The van der Waals surface area contributed by atoms with Crippen LogP contribution in [0.2, 0.25) is 36.3 Å². The summed E-state index contributed by atoms with van der Waals surface area (Å²) in [6.45, 7) is 22.8. The summed E-state index contributed by atoms with van der Waals surface area (Å²) >= 11 is 5.61. The number of hydrogen-bond donors (Lipinski definition) is 0. The second kappa shape index (κ2) is 8.37. The van der Waals surface area contributed by atoms with Crippen LogP contribution in [-0.4, -0.2) is 28.8 Å². The van der Waals surface area contributed by atoms with Crippen molar-refractivity contribution in [3.8, 4) is 11.8 Å². The number of rotatable bonds is 4. The van der Waals surface area contributed by atoms with Crippen LogP contribution in [0.15, 0.2) is 23.3 Å². The van der Waals surface area contributed by atoms with E-state index in [4.69, 9.17) is 20.5 Å². The zero-order valence-electron chi connectivity index (χ0n) is 18.3. The molecular formula is C21H37ClO2Si2. The van der Waals surface area contributed by atoms with Gasteiger partial charge in [-0.15, -0.1) is 0 Å². The van der Waals surface area contributed by atoms with Gasteiger partial charge in [0.25, 0.3) is 0 Å². The highest BCUT2D eigenvalue weighted by Crippen LogP contribution is 2.42. The van der Waals surface area contributed by atoms with Crippen molar-refractivity contribution >= 4 is 28.2 Å². The Morgan fingerprint density at radius 3 is 1.96 bits per heavy atom. The third-order valence-electron chi connectivity index (χ3n) is 6.02. The largest absolute Gasteiger partial charge is 0.410 e. The summed E-state index contributed by atoms with van der Waals surface area (Å²) in [5.41, 5.74) is 2.48. The zero-order chi connectivity index (χ0) is 20.4. The van der Waals surface area contributed by atoms with Gasteiger partial charge >= 0.3 is 0 Å². The molecule has 0 aliphatic heterocycles. The van der Waals surface area contributed by atoms with Crippen LogP contribution < -0.4 is 0 Å². The van der Waals surface area contributed by atoms with Crippen LogP contribution >= 0.6 is 11.6 Å². The summed E-state index contributed by atoms with van der Waals surface area (Å²) in [6, 6.07) is 0. The van der Waals surface area contributed by atoms with Crippen LogP contribution in [0.4, 0.5) is 0 Å². The first-order valence-electron chi connectivity index (χ1n) is 9.45. The molecule has 1 rings (SSSR count). The molecule has 26 heavy (non-hydrogen) atoms. The van der Waals surface area contributed by atoms with Crippen molar-refractivity contribution in [3.05, 3.63) is 23.3 Å². The Hall–Kier alpha value is -0.316. The molecule has 0 fully saturated rings. The summed E-state index contributed by atoms with van der Waals surface area (Å²) < 4.78 is 13.3. The molecule has 0 bridgehead atoms. The molecule has 2 nitrogen and oxygen atoms in total. The van der Waals surface area contributed by atoms with Crippen LogP contribution in [0.25, 0.3) is 0 Å². The highest BCUT2D eigenvalue weighted by molar-refractivity contribution is 6.74. The normalized spacial score (nSPS) is 22.3. The fourth-order valence-corrected chi connectivity index (χ4v) is 4.90. The Morgan fingerprint density at radius 2 is 1.50 bits per heavy atom. The minimum absolute atomic E-state index is 0.0156. The molecule has 0 amide bonds. The van der Waals surface area contributed by atoms with Gasteiger partial charge in [-0.05, 0) is 48.4 Å². The van der Waals surface area contributed by atoms with E-state index in [9.17, 15) is 0 Å². The monoisotopic (exact) mass is 412 g/mol. The van der Waals surface area contributed by atoms with Crippen LogP contribution in [0, 0.1) is 11.8 Å². The van der Waals surface area contributed by atoms with Crippen LogP contribution in [0.5, 0.6) is 0 Å². The quantitative estimate of drug-likeness (QED) is 0.371. The van der Waals surface area contributed by atoms with E-state index in [2.05, 4.69) is 85.6 Å². The summed E-state index contributed by atoms with van der Waals surface area (Å²) in [6.07, 6.45) is 4.78. The fourth-order valence-electron chi connectivity index (χ4n) is 2.27. The Morgan fingerprint density at radius 1 is 1.00 bits per heavy atom. The van der Waals surface area contributed by atoms with E-state index < -0.39 is 16.6 Å². The molecule has 0 unspecified atom stereocenters. The number of allylic oxidation sites excluding steroid dienone is 1. The molecule has 0 aromatic carbocycles. The molecule has 1 aliphatic rings. The first kappa shape index (κ1) is 23.7. The predicted octanol–water partition coefficient (Wildman–Crippen LogP) is 6.85. The lowest BCUT2D eigenvalue weighted by atomic mass is 10.2. The number of halogens is 1. The first-order valence-corrected chi connectivity index (χ1v) is 15.7. The van der Waals surface area contributed by atoms with E-state index in [1.807, 2.05) is 0 Å². The maximum Gasteiger partial charge on any atom is 0.192 e. The highest BCUT2D eigenvalue weighted by atomic mass is 35.5. The lowest BCUT2D eigenvalue weighted by Crippen LogP contribution is -2.45. The Kier molecular flexibility index (Phi) is 7.63. The second-order valence-electron chi connectivity index (χ2n) is 10.2. The number of hydrogen-bond acceptors (Lipinski definition) is 2. The predicted molar refractivity (Wildman–Crippen MR) is 120 cm³/mol. The third kappa shape index (κ3) is 6.10. The first-order chi connectivity index (χ1) is 11.6. The van der Waals surface area contributed by atoms with Gasteiger partial charge in [-0.2, -0.15) is 0 Å². The summed E-state index contributed by atoms with van der Waals surface area (Å²) in [5, 5.41) is 0.354. The third-order valence-corrected chi connectivity index (χ3v) is 15.1. The van der Waals surface area contributed by atoms with Gasteiger partial charge in [0.15, 0.2) is 16.6 Å². The zero-order valence-corrected chi connectivity index (χ0v) is 21.0. The Bertz CT molecular complexity index is 611. The minimum Gasteiger partial charge on any atom is -0.410 e. The van der Waals surface area contributed by atoms with Gasteiger partial charge in [0.05, 0.1) is 12.2 Å². The van der Waals surface area contributed by atoms with E-state index in [0.29, 0.717) is 0 Å². The van der Waals surface area contributed by atoms with Crippen molar-refractivity contribution in [2.75, 3.05) is 0 Å². The summed E-state index contributed by atoms with van der Waals surface area (Å²) in [4.78, 5) is 0. The molecule has 1 aliphatic carbocycles. The van der Waals surface area contributed by atoms with Gasteiger partial charge in [-0.3, -0.25) is 0 Å². The van der Waals surface area contributed by atoms with E-state index in [1.54, 1.807) is 6.08 Å². The average Bonchev–Trinajstić information content (AvgIpc) is 2.76. The van der Waals surface area contributed by atoms with E-state index in [0.717, 1.165) is 12.0 Å². The smallest absolute Gasteiger partial charge is 0.192 e. The molecule has 0 N–H and O–H groups in total. The van der Waals surface area contributed by atoms with Gasteiger partial charge in [-0.25, -0.2) is 0 Å². The maximum absolute atomic E-state index is 6.68. The molecule has 2 atom stereocenters. The molecule has 148 valence electrons. The van der Waals surface area contributed by atoms with Gasteiger partial charge in [0.2, 0.25) is 0 Å². The van der Waals surface area contributed by atoms with E-state index in [1.165, 1.54) is 5.54 Å². The Balaban J connectivity index is 3.06. The van der Waals surface area contributed by atoms with Crippen molar-refractivity contribution in [1.29, 1.82) is 0 Å². The fraction of sp³-hybridized carbons (Fsp3) is 0.714. The molecule has 0 spiro atoms. The summed E-state index contributed by atoms with van der Waals surface area (Å²) in [7, 11) is -3.72.